The van der Waals surface area contributed by atoms with Crippen molar-refractivity contribution in [2.45, 2.75) is 13.5 Å². The van der Waals surface area contributed by atoms with Crippen LogP contribution in [0.2, 0.25) is 0 Å². The maximum atomic E-state index is 11.9. The van der Waals surface area contributed by atoms with Gasteiger partial charge < -0.3 is 19.2 Å². The molecule has 0 aliphatic rings. The molecular weight excluding hydrogens is 308 g/mol. The van der Waals surface area contributed by atoms with Gasteiger partial charge in [0.15, 0.2) is 0 Å². The van der Waals surface area contributed by atoms with Crippen molar-refractivity contribution in [1.29, 1.82) is 0 Å². The third kappa shape index (κ3) is 6.34. The van der Waals surface area contributed by atoms with Crippen LogP contribution in [0.1, 0.15) is 12.7 Å². The summed E-state index contributed by atoms with van der Waals surface area (Å²) < 4.78 is 16.2. The number of likely N-dealkylation sites (N-methyl/N-ethyl adjacent to an activating group) is 1. The lowest BCUT2D eigenvalue weighted by atomic mass is 10.3. The lowest BCUT2D eigenvalue weighted by Gasteiger charge is -2.15. The number of nitrogens with one attached hydrogen (secondary N) is 1. The van der Waals surface area contributed by atoms with Gasteiger partial charge >= 0.3 is 0 Å². The zero-order chi connectivity index (χ0) is 17.2. The van der Waals surface area contributed by atoms with E-state index < -0.39 is 0 Å². The molecule has 6 nitrogen and oxygen atoms in total. The lowest BCUT2D eigenvalue weighted by Crippen LogP contribution is -2.36. The molecule has 0 atom stereocenters. The molecule has 130 valence electrons. The summed E-state index contributed by atoms with van der Waals surface area (Å²) in [6.45, 7) is 4.37. The Morgan fingerprint density at radius 2 is 1.88 bits per heavy atom. The molecule has 0 fully saturated rings. The SMILES string of the molecule is CCOc1ccc(OCCNC(=O)CN(C)Cc2ccco2)cc1. The Bertz CT molecular complexity index is 596. The molecular formula is C18H24N2O4. The smallest absolute Gasteiger partial charge is 0.234 e. The molecule has 0 aliphatic heterocycles. The average Bonchev–Trinajstić information content (AvgIpc) is 3.06. The van der Waals surface area contributed by atoms with E-state index in [0.29, 0.717) is 32.8 Å². The van der Waals surface area contributed by atoms with Crippen LogP contribution in [0.3, 0.4) is 0 Å². The fraction of sp³-hybridized carbons (Fsp3) is 0.389. The molecule has 2 rings (SSSR count). The van der Waals surface area contributed by atoms with Crippen LogP contribution < -0.4 is 14.8 Å². The fourth-order valence-corrected chi connectivity index (χ4v) is 2.18. The van der Waals surface area contributed by atoms with Gasteiger partial charge in [0, 0.05) is 0 Å². The maximum Gasteiger partial charge on any atom is 0.234 e. The molecule has 1 heterocycles. The van der Waals surface area contributed by atoms with Crippen molar-refractivity contribution in [2.24, 2.45) is 0 Å². The van der Waals surface area contributed by atoms with Gasteiger partial charge in [0.1, 0.15) is 23.9 Å². The number of carbonyl (C=O) groups is 1. The van der Waals surface area contributed by atoms with E-state index in [4.69, 9.17) is 13.9 Å². The molecule has 1 aromatic heterocycles. The van der Waals surface area contributed by atoms with Crippen molar-refractivity contribution in [3.05, 3.63) is 48.4 Å². The molecule has 1 N–H and O–H groups in total. The summed E-state index contributed by atoms with van der Waals surface area (Å²) in [5.74, 6) is 2.36. The van der Waals surface area contributed by atoms with Crippen molar-refractivity contribution in [1.82, 2.24) is 10.2 Å². The van der Waals surface area contributed by atoms with E-state index in [-0.39, 0.29) is 5.91 Å². The highest BCUT2D eigenvalue weighted by atomic mass is 16.5. The van der Waals surface area contributed by atoms with Crippen LogP contribution in [-0.4, -0.2) is 44.2 Å². The van der Waals surface area contributed by atoms with Crippen molar-refractivity contribution in [3.8, 4) is 11.5 Å². The summed E-state index contributed by atoms with van der Waals surface area (Å²) in [6, 6.07) is 11.1. The predicted molar refractivity (Wildman–Crippen MR) is 91.2 cm³/mol. The second kappa shape index (κ2) is 9.62. The second-order valence-electron chi connectivity index (χ2n) is 5.35. The minimum atomic E-state index is -0.0423. The molecule has 24 heavy (non-hydrogen) atoms. The number of benzene rings is 1. The van der Waals surface area contributed by atoms with Crippen LogP contribution >= 0.6 is 0 Å². The van der Waals surface area contributed by atoms with Crippen LogP contribution in [0.25, 0.3) is 0 Å². The molecule has 0 aliphatic carbocycles. The summed E-state index contributed by atoms with van der Waals surface area (Å²) in [5, 5.41) is 2.83. The number of amides is 1. The van der Waals surface area contributed by atoms with Gasteiger partial charge in [-0.1, -0.05) is 0 Å². The zero-order valence-corrected chi connectivity index (χ0v) is 14.2. The number of furan rings is 1. The number of rotatable bonds is 10. The Morgan fingerprint density at radius 3 is 2.50 bits per heavy atom. The van der Waals surface area contributed by atoms with E-state index in [1.807, 2.05) is 55.3 Å². The van der Waals surface area contributed by atoms with Gasteiger partial charge in [0.05, 0.1) is 32.5 Å². The van der Waals surface area contributed by atoms with Gasteiger partial charge in [0.25, 0.3) is 0 Å². The minimum Gasteiger partial charge on any atom is -0.494 e. The van der Waals surface area contributed by atoms with Crippen molar-refractivity contribution < 1.29 is 18.7 Å². The van der Waals surface area contributed by atoms with E-state index in [1.54, 1.807) is 6.26 Å². The number of ether oxygens (including phenoxy) is 2. The van der Waals surface area contributed by atoms with Crippen LogP contribution in [0.15, 0.2) is 47.1 Å². The largest absolute Gasteiger partial charge is 0.494 e. The normalized spacial score (nSPS) is 10.6. The van der Waals surface area contributed by atoms with Crippen LogP contribution in [0.5, 0.6) is 11.5 Å². The summed E-state index contributed by atoms with van der Waals surface area (Å²) in [5.41, 5.74) is 0. The Morgan fingerprint density at radius 1 is 1.17 bits per heavy atom. The van der Waals surface area contributed by atoms with Crippen molar-refractivity contribution in [2.75, 3.05) is 33.4 Å². The van der Waals surface area contributed by atoms with E-state index in [9.17, 15) is 4.79 Å². The summed E-state index contributed by atoms with van der Waals surface area (Å²) >= 11 is 0. The molecule has 1 amide bonds. The van der Waals surface area contributed by atoms with E-state index in [1.165, 1.54) is 0 Å². The third-order valence-corrected chi connectivity index (χ3v) is 3.25. The molecule has 0 bridgehead atoms. The van der Waals surface area contributed by atoms with Crippen LogP contribution in [0.4, 0.5) is 0 Å². The first kappa shape index (κ1) is 17.9. The topological polar surface area (TPSA) is 63.9 Å². The lowest BCUT2D eigenvalue weighted by molar-refractivity contribution is -0.122. The molecule has 0 saturated heterocycles. The van der Waals surface area contributed by atoms with Gasteiger partial charge in [-0.2, -0.15) is 0 Å². The first-order valence-electron chi connectivity index (χ1n) is 8.00. The third-order valence-electron chi connectivity index (χ3n) is 3.25. The van der Waals surface area contributed by atoms with Crippen LogP contribution in [-0.2, 0) is 11.3 Å². The fourth-order valence-electron chi connectivity index (χ4n) is 2.18. The molecule has 0 spiro atoms. The van der Waals surface area contributed by atoms with Gasteiger partial charge in [-0.05, 0) is 50.4 Å². The first-order valence-corrected chi connectivity index (χ1v) is 8.00. The highest BCUT2D eigenvalue weighted by molar-refractivity contribution is 5.77. The molecule has 0 saturated carbocycles. The Labute approximate surface area is 142 Å². The maximum absolute atomic E-state index is 11.9. The zero-order valence-electron chi connectivity index (χ0n) is 14.2. The van der Waals surface area contributed by atoms with Crippen LogP contribution in [0, 0.1) is 0 Å². The summed E-state index contributed by atoms with van der Waals surface area (Å²) in [6.07, 6.45) is 1.63. The van der Waals surface area contributed by atoms with Gasteiger partial charge in [0.2, 0.25) is 5.91 Å². The molecule has 2 aromatic rings. The second-order valence-corrected chi connectivity index (χ2v) is 5.35. The van der Waals surface area contributed by atoms with Gasteiger partial charge in [-0.3, -0.25) is 9.69 Å². The number of carbonyl (C=O) groups excluding carboxylic acids is 1. The summed E-state index contributed by atoms with van der Waals surface area (Å²) in [4.78, 5) is 13.7. The predicted octanol–water partition coefficient (Wildman–Crippen LogP) is 2.31. The highest BCUT2D eigenvalue weighted by Crippen LogP contribution is 2.17. The Balaban J connectivity index is 1.60. The quantitative estimate of drug-likeness (QED) is 0.677. The van der Waals surface area contributed by atoms with E-state index in [0.717, 1.165) is 17.3 Å². The molecule has 6 heteroatoms. The van der Waals surface area contributed by atoms with Crippen molar-refractivity contribution in [3.63, 3.8) is 0 Å². The Hall–Kier alpha value is -2.47. The van der Waals surface area contributed by atoms with Gasteiger partial charge in [-0.25, -0.2) is 0 Å². The van der Waals surface area contributed by atoms with Gasteiger partial charge in [-0.15, -0.1) is 0 Å². The van der Waals surface area contributed by atoms with E-state index in [2.05, 4.69) is 5.32 Å². The highest BCUT2D eigenvalue weighted by Gasteiger charge is 2.08. The summed E-state index contributed by atoms with van der Waals surface area (Å²) in [7, 11) is 1.87. The number of hydrogen-bond acceptors (Lipinski definition) is 5. The molecule has 0 radical (unpaired) electrons. The Kier molecular flexibility index (Phi) is 7.17. The standard InChI is InChI=1S/C18H24N2O4/c1-3-22-15-6-8-16(9-7-15)24-12-10-19-18(21)14-20(2)13-17-5-4-11-23-17/h4-9,11H,3,10,12-14H2,1-2H3,(H,19,21). The minimum absolute atomic E-state index is 0.0423. The molecule has 1 aromatic carbocycles. The first-order chi connectivity index (χ1) is 11.7. The average molecular weight is 332 g/mol. The van der Waals surface area contributed by atoms with E-state index >= 15 is 0 Å². The number of hydrogen-bond donors (Lipinski definition) is 1. The molecule has 0 unspecified atom stereocenters. The monoisotopic (exact) mass is 332 g/mol. The van der Waals surface area contributed by atoms with Crippen molar-refractivity contribution >= 4 is 5.91 Å². The number of nitrogens with zero attached hydrogens (tertiary/aromatic N) is 1.